The zero-order valence-corrected chi connectivity index (χ0v) is 11.8. The molecule has 0 aromatic carbocycles. The molecule has 0 unspecified atom stereocenters. The predicted molar refractivity (Wildman–Crippen MR) is 51.6 cm³/mol. The molecule has 4 heteroatoms. The summed E-state index contributed by atoms with van der Waals surface area (Å²) in [6.07, 6.45) is 5.08. The SMILES string of the molecule is CCCC[N-]CCCC.O=CO.[Zn]. The van der Waals surface area contributed by atoms with Crippen LogP contribution in [0, 0.1) is 0 Å². The fourth-order valence-corrected chi connectivity index (χ4v) is 0.652. The van der Waals surface area contributed by atoms with Gasteiger partial charge in [-0.25, -0.2) is 0 Å². The Morgan fingerprint density at radius 1 is 1.15 bits per heavy atom. The molecule has 0 amide bonds. The molecule has 0 aromatic heterocycles. The van der Waals surface area contributed by atoms with Crippen LogP contribution in [-0.4, -0.2) is 24.7 Å². The molecule has 0 saturated heterocycles. The van der Waals surface area contributed by atoms with Gasteiger partial charge in [0.05, 0.1) is 0 Å². The molecule has 0 heterocycles. The zero-order chi connectivity index (χ0) is 9.66. The van der Waals surface area contributed by atoms with E-state index in [-0.39, 0.29) is 26.0 Å². The predicted octanol–water partition coefficient (Wildman–Crippen LogP) is 2.66. The van der Waals surface area contributed by atoms with Gasteiger partial charge in [-0.15, -0.1) is 13.1 Å². The van der Waals surface area contributed by atoms with Crippen LogP contribution in [0.2, 0.25) is 0 Å². The van der Waals surface area contributed by atoms with Crippen molar-refractivity contribution in [2.45, 2.75) is 39.5 Å². The quantitative estimate of drug-likeness (QED) is 0.440. The monoisotopic (exact) mass is 238 g/mol. The molecule has 0 spiro atoms. The van der Waals surface area contributed by atoms with Crippen molar-refractivity contribution in [3.8, 4) is 0 Å². The molecule has 76 valence electrons. The van der Waals surface area contributed by atoms with Crippen LogP contribution < -0.4 is 0 Å². The van der Waals surface area contributed by atoms with E-state index in [1.807, 2.05) is 0 Å². The molecule has 0 aliphatic heterocycles. The van der Waals surface area contributed by atoms with Crippen molar-refractivity contribution in [2.75, 3.05) is 13.1 Å². The Morgan fingerprint density at radius 2 is 1.46 bits per heavy atom. The summed E-state index contributed by atoms with van der Waals surface area (Å²) in [7, 11) is 0. The van der Waals surface area contributed by atoms with E-state index in [1.165, 1.54) is 25.7 Å². The van der Waals surface area contributed by atoms with Crippen molar-refractivity contribution < 1.29 is 29.4 Å². The fourth-order valence-electron chi connectivity index (χ4n) is 0.652. The number of carbonyl (C=O) groups is 1. The Hall–Kier alpha value is 0.0534. The number of unbranched alkanes of at least 4 members (excludes halogenated alkanes) is 2. The maximum Gasteiger partial charge on any atom is 0.290 e. The third-order valence-electron chi connectivity index (χ3n) is 1.34. The van der Waals surface area contributed by atoms with Crippen LogP contribution in [0.3, 0.4) is 0 Å². The Balaban J connectivity index is -0.000000220. The second kappa shape index (κ2) is 22.7. The Morgan fingerprint density at radius 3 is 1.69 bits per heavy atom. The van der Waals surface area contributed by atoms with Crippen LogP contribution in [0.15, 0.2) is 0 Å². The minimum Gasteiger partial charge on any atom is -0.662 e. The second-order valence-corrected chi connectivity index (χ2v) is 2.48. The number of nitrogens with zero attached hydrogens (tertiary/aromatic N) is 1. The van der Waals surface area contributed by atoms with E-state index in [9.17, 15) is 0 Å². The van der Waals surface area contributed by atoms with Crippen LogP contribution in [0.5, 0.6) is 0 Å². The maximum atomic E-state index is 8.36. The first-order valence-corrected chi connectivity index (χ1v) is 4.54. The van der Waals surface area contributed by atoms with Gasteiger partial charge in [0.15, 0.2) is 0 Å². The van der Waals surface area contributed by atoms with Crippen molar-refractivity contribution in [1.29, 1.82) is 0 Å². The van der Waals surface area contributed by atoms with Crippen LogP contribution in [0.1, 0.15) is 39.5 Å². The van der Waals surface area contributed by atoms with Gasteiger partial charge in [-0.3, -0.25) is 4.79 Å². The summed E-state index contributed by atoms with van der Waals surface area (Å²) in [6.45, 7) is 6.32. The summed E-state index contributed by atoms with van der Waals surface area (Å²) in [5, 5.41) is 11.2. The topological polar surface area (TPSA) is 51.4 Å². The smallest absolute Gasteiger partial charge is 0.290 e. The van der Waals surface area contributed by atoms with Crippen molar-refractivity contribution >= 4 is 6.47 Å². The molecule has 0 fully saturated rings. The van der Waals surface area contributed by atoms with Gasteiger partial charge in [0, 0.05) is 19.5 Å². The molecule has 0 atom stereocenters. The number of hydrogen-bond donors (Lipinski definition) is 1. The van der Waals surface area contributed by atoms with Gasteiger partial charge in [0.1, 0.15) is 0 Å². The van der Waals surface area contributed by atoms with Crippen molar-refractivity contribution in [1.82, 2.24) is 0 Å². The average molecular weight is 240 g/mol. The number of rotatable bonds is 6. The Labute approximate surface area is 94.1 Å². The first-order chi connectivity index (χ1) is 5.83. The van der Waals surface area contributed by atoms with E-state index in [0.717, 1.165) is 13.1 Å². The van der Waals surface area contributed by atoms with Crippen LogP contribution in [-0.2, 0) is 24.3 Å². The number of hydrogen-bond acceptors (Lipinski definition) is 1. The van der Waals surface area contributed by atoms with Crippen LogP contribution in [0.25, 0.3) is 5.32 Å². The molecule has 3 nitrogen and oxygen atoms in total. The van der Waals surface area contributed by atoms with E-state index in [1.54, 1.807) is 0 Å². The molecule has 1 N–H and O–H groups in total. The standard InChI is InChI=1S/C8H18N.CH2O2.Zn/c1-3-5-7-9-8-6-4-2;2-1-3;/h3-8H2,1-2H3;1H,(H,2,3);/q-1;;. The van der Waals surface area contributed by atoms with Crippen molar-refractivity contribution in [2.24, 2.45) is 0 Å². The molecule has 0 rings (SSSR count). The molecule has 13 heavy (non-hydrogen) atoms. The Kier molecular flexibility index (Phi) is 32.8. The zero-order valence-electron chi connectivity index (χ0n) is 8.83. The van der Waals surface area contributed by atoms with Gasteiger partial charge >= 0.3 is 0 Å². The molecule has 0 bridgehead atoms. The number of carboxylic acid groups (broad SMARTS) is 1. The summed E-state index contributed by atoms with van der Waals surface area (Å²) in [5.74, 6) is 0. The van der Waals surface area contributed by atoms with Gasteiger partial charge in [-0.1, -0.05) is 39.5 Å². The summed E-state index contributed by atoms with van der Waals surface area (Å²) >= 11 is 0. The van der Waals surface area contributed by atoms with E-state index < -0.39 is 0 Å². The third kappa shape index (κ3) is 33.2. The van der Waals surface area contributed by atoms with Gasteiger partial charge in [0.2, 0.25) is 0 Å². The normalized spacial score (nSPS) is 7.85. The molecule has 0 saturated carbocycles. The van der Waals surface area contributed by atoms with Gasteiger partial charge in [0.25, 0.3) is 6.47 Å². The molecular formula is C9H20NO2Zn-. The van der Waals surface area contributed by atoms with E-state index in [0.29, 0.717) is 0 Å². The fraction of sp³-hybridized carbons (Fsp3) is 0.889. The first-order valence-electron chi connectivity index (χ1n) is 4.54. The van der Waals surface area contributed by atoms with Gasteiger partial charge < -0.3 is 10.4 Å². The Bertz CT molecular complexity index is 76.0. The summed E-state index contributed by atoms with van der Waals surface area (Å²) in [5.41, 5.74) is 0. The average Bonchev–Trinajstić information content (AvgIpc) is 2.06. The molecule has 0 aliphatic rings. The molecule has 0 radical (unpaired) electrons. The molecular weight excluding hydrogens is 219 g/mol. The van der Waals surface area contributed by atoms with Crippen LogP contribution >= 0.6 is 0 Å². The summed E-state index contributed by atoms with van der Waals surface area (Å²) in [4.78, 5) is 8.36. The largest absolute Gasteiger partial charge is 0.662 e. The minimum atomic E-state index is -0.250. The summed E-state index contributed by atoms with van der Waals surface area (Å²) < 4.78 is 0. The minimum absolute atomic E-state index is 0. The van der Waals surface area contributed by atoms with E-state index in [2.05, 4.69) is 19.2 Å². The van der Waals surface area contributed by atoms with Crippen molar-refractivity contribution in [3.05, 3.63) is 5.32 Å². The third-order valence-corrected chi connectivity index (χ3v) is 1.34. The van der Waals surface area contributed by atoms with E-state index >= 15 is 0 Å². The van der Waals surface area contributed by atoms with E-state index in [4.69, 9.17) is 9.90 Å². The molecule has 0 aliphatic carbocycles. The van der Waals surface area contributed by atoms with Crippen molar-refractivity contribution in [3.63, 3.8) is 0 Å². The molecule has 0 aromatic rings. The summed E-state index contributed by atoms with van der Waals surface area (Å²) in [6, 6.07) is 0. The van der Waals surface area contributed by atoms with Gasteiger partial charge in [-0.05, 0) is 0 Å². The van der Waals surface area contributed by atoms with Crippen LogP contribution in [0.4, 0.5) is 0 Å². The second-order valence-electron chi connectivity index (χ2n) is 2.48. The van der Waals surface area contributed by atoms with Gasteiger partial charge in [-0.2, -0.15) is 0 Å². The maximum absolute atomic E-state index is 8.36. The first kappa shape index (κ1) is 18.8.